The average molecular weight is 238 g/mol. The highest BCUT2D eigenvalue weighted by Gasteiger charge is 2.54. The molecule has 0 aliphatic heterocycles. The van der Waals surface area contributed by atoms with Gasteiger partial charge in [0.1, 0.15) is 0 Å². The highest BCUT2D eigenvalue weighted by atomic mass is 16.1. The fraction of sp³-hybridized carbons (Fsp3) is 0.353. The van der Waals surface area contributed by atoms with Gasteiger partial charge in [-0.25, -0.2) is 0 Å². The van der Waals surface area contributed by atoms with Gasteiger partial charge in [-0.15, -0.1) is 0 Å². The molecular formula is C17H18O. The van der Waals surface area contributed by atoms with E-state index in [2.05, 4.69) is 38.1 Å². The second kappa shape index (κ2) is 3.94. The summed E-state index contributed by atoms with van der Waals surface area (Å²) < 4.78 is 0. The maximum atomic E-state index is 12.0. The van der Waals surface area contributed by atoms with Crippen molar-refractivity contribution in [3.8, 4) is 0 Å². The minimum atomic E-state index is 0.155. The van der Waals surface area contributed by atoms with Crippen LogP contribution in [-0.2, 0) is 4.79 Å². The summed E-state index contributed by atoms with van der Waals surface area (Å²) in [5.41, 5.74) is 2.55. The second-order valence-electron chi connectivity index (χ2n) is 5.95. The van der Waals surface area contributed by atoms with Gasteiger partial charge in [0.15, 0.2) is 5.78 Å². The van der Waals surface area contributed by atoms with Crippen LogP contribution in [0.5, 0.6) is 0 Å². The lowest BCUT2D eigenvalue weighted by atomic mass is 9.48. The third kappa shape index (κ3) is 1.66. The Kier molecular flexibility index (Phi) is 2.51. The van der Waals surface area contributed by atoms with Gasteiger partial charge in [-0.2, -0.15) is 0 Å². The Labute approximate surface area is 108 Å². The minimum absolute atomic E-state index is 0.155. The smallest absolute Gasteiger partial charge is 0.159 e. The third-order valence-electron chi connectivity index (χ3n) is 4.59. The third-order valence-corrected chi connectivity index (χ3v) is 4.59. The zero-order valence-electron chi connectivity index (χ0n) is 10.9. The number of carbonyl (C=O) groups excluding carboxylic acids is 1. The first kappa shape index (κ1) is 11.5. The van der Waals surface area contributed by atoms with E-state index in [1.807, 2.05) is 24.3 Å². The SMILES string of the molecule is CC1(C)[C@@H]2C[C@@H]1C(/C=C/c1ccccc1)=CC2=O. The van der Waals surface area contributed by atoms with Crippen LogP contribution in [0.1, 0.15) is 25.8 Å². The van der Waals surface area contributed by atoms with Gasteiger partial charge >= 0.3 is 0 Å². The van der Waals surface area contributed by atoms with Gasteiger partial charge in [-0.05, 0) is 35.0 Å². The van der Waals surface area contributed by atoms with E-state index in [4.69, 9.17) is 0 Å². The number of carbonyl (C=O) groups is 1. The van der Waals surface area contributed by atoms with Gasteiger partial charge in [0.05, 0.1) is 0 Å². The zero-order chi connectivity index (χ0) is 12.8. The minimum Gasteiger partial charge on any atom is -0.295 e. The summed E-state index contributed by atoms with van der Waals surface area (Å²) in [5, 5.41) is 0. The molecule has 0 spiro atoms. The Balaban J connectivity index is 1.86. The molecule has 1 fully saturated rings. The summed E-state index contributed by atoms with van der Waals surface area (Å²) in [6.07, 6.45) is 7.11. The van der Waals surface area contributed by atoms with Crippen LogP contribution in [0.25, 0.3) is 6.08 Å². The molecule has 0 N–H and O–H groups in total. The highest BCUT2D eigenvalue weighted by Crippen LogP contribution is 2.58. The molecule has 18 heavy (non-hydrogen) atoms. The molecule has 4 rings (SSSR count). The molecule has 2 atom stereocenters. The van der Waals surface area contributed by atoms with Crippen LogP contribution in [-0.4, -0.2) is 5.78 Å². The van der Waals surface area contributed by atoms with Gasteiger partial charge in [0, 0.05) is 5.92 Å². The zero-order valence-corrected chi connectivity index (χ0v) is 10.9. The Bertz CT molecular complexity index is 534. The van der Waals surface area contributed by atoms with Crippen LogP contribution < -0.4 is 0 Å². The standard InChI is InChI=1S/C17H18O/c1-17(2)14-11-15(17)16(18)10-13(14)9-8-12-6-4-3-5-7-12/h3-10,14-15H,11H2,1-2H3/b9-8+/t14-,15-/m1/s1. The van der Waals surface area contributed by atoms with Crippen molar-refractivity contribution in [3.63, 3.8) is 0 Å². The molecule has 0 radical (unpaired) electrons. The summed E-state index contributed by atoms with van der Waals surface area (Å²) in [7, 11) is 0. The second-order valence-corrected chi connectivity index (χ2v) is 5.95. The lowest BCUT2D eigenvalue weighted by Gasteiger charge is -2.54. The molecule has 92 valence electrons. The summed E-state index contributed by atoms with van der Waals surface area (Å²) in [5.74, 6) is 1.13. The fourth-order valence-electron chi connectivity index (χ4n) is 3.26. The van der Waals surface area contributed by atoms with E-state index in [9.17, 15) is 4.79 Å². The average Bonchev–Trinajstić information content (AvgIpc) is 2.36. The first-order valence-electron chi connectivity index (χ1n) is 6.57. The lowest BCUT2D eigenvalue weighted by molar-refractivity contribution is -0.133. The molecule has 1 nitrogen and oxygen atoms in total. The summed E-state index contributed by atoms with van der Waals surface area (Å²) in [4.78, 5) is 12.0. The van der Waals surface area contributed by atoms with Gasteiger partial charge in [0.2, 0.25) is 0 Å². The van der Waals surface area contributed by atoms with Crippen LogP contribution in [0.3, 0.4) is 0 Å². The number of hydrogen-bond donors (Lipinski definition) is 0. The molecule has 1 aromatic carbocycles. The first-order valence-corrected chi connectivity index (χ1v) is 6.57. The summed E-state index contributed by atoms with van der Waals surface area (Å²) >= 11 is 0. The van der Waals surface area contributed by atoms with Crippen molar-refractivity contribution in [2.45, 2.75) is 20.3 Å². The maximum absolute atomic E-state index is 12.0. The van der Waals surface area contributed by atoms with Crippen LogP contribution in [0, 0.1) is 17.3 Å². The number of benzene rings is 1. The van der Waals surface area contributed by atoms with Crippen molar-refractivity contribution in [2.24, 2.45) is 17.3 Å². The monoisotopic (exact) mass is 238 g/mol. The van der Waals surface area contributed by atoms with E-state index < -0.39 is 0 Å². The van der Waals surface area contributed by atoms with Gasteiger partial charge < -0.3 is 0 Å². The lowest BCUT2D eigenvalue weighted by Crippen LogP contribution is -2.52. The number of rotatable bonds is 2. The van der Waals surface area contributed by atoms with Crippen molar-refractivity contribution in [3.05, 3.63) is 53.6 Å². The van der Waals surface area contributed by atoms with Crippen LogP contribution in [0.2, 0.25) is 0 Å². The maximum Gasteiger partial charge on any atom is 0.159 e. The van der Waals surface area contributed by atoms with E-state index in [1.165, 1.54) is 11.1 Å². The van der Waals surface area contributed by atoms with E-state index in [1.54, 1.807) is 0 Å². The number of hydrogen-bond acceptors (Lipinski definition) is 1. The van der Waals surface area contributed by atoms with Crippen LogP contribution in [0.15, 0.2) is 48.1 Å². The molecule has 1 saturated carbocycles. The van der Waals surface area contributed by atoms with Crippen molar-refractivity contribution < 1.29 is 4.79 Å². The van der Waals surface area contributed by atoms with Gasteiger partial charge in [-0.3, -0.25) is 4.79 Å². The summed E-state index contributed by atoms with van der Waals surface area (Å²) in [6.45, 7) is 4.43. The molecule has 0 saturated heterocycles. The topological polar surface area (TPSA) is 17.1 Å². The molecule has 2 bridgehead atoms. The molecule has 3 aliphatic rings. The van der Waals surface area contributed by atoms with Crippen molar-refractivity contribution in [1.29, 1.82) is 0 Å². The quantitative estimate of drug-likeness (QED) is 0.764. The summed E-state index contributed by atoms with van der Waals surface area (Å²) in [6, 6.07) is 10.2. The molecule has 0 aromatic heterocycles. The predicted molar refractivity (Wildman–Crippen MR) is 73.9 cm³/mol. The largest absolute Gasteiger partial charge is 0.295 e. The van der Waals surface area contributed by atoms with Crippen LogP contribution >= 0.6 is 0 Å². The van der Waals surface area contributed by atoms with E-state index in [0.29, 0.717) is 11.7 Å². The predicted octanol–water partition coefficient (Wildman–Crippen LogP) is 3.87. The number of allylic oxidation sites excluding steroid dienone is 3. The molecule has 1 aromatic rings. The van der Waals surface area contributed by atoms with Crippen molar-refractivity contribution >= 4 is 11.9 Å². The molecule has 1 heteroatoms. The Morgan fingerprint density at radius 1 is 1.11 bits per heavy atom. The van der Waals surface area contributed by atoms with Gasteiger partial charge in [-0.1, -0.05) is 56.3 Å². The van der Waals surface area contributed by atoms with E-state index in [0.717, 1.165) is 6.42 Å². The first-order chi connectivity index (χ1) is 8.59. The Morgan fingerprint density at radius 3 is 2.44 bits per heavy atom. The molecular weight excluding hydrogens is 220 g/mol. The fourth-order valence-corrected chi connectivity index (χ4v) is 3.26. The Morgan fingerprint density at radius 2 is 1.83 bits per heavy atom. The van der Waals surface area contributed by atoms with Crippen LogP contribution in [0.4, 0.5) is 0 Å². The van der Waals surface area contributed by atoms with E-state index >= 15 is 0 Å². The molecule has 0 unspecified atom stereocenters. The Hall–Kier alpha value is -1.63. The normalized spacial score (nSPS) is 29.0. The van der Waals surface area contributed by atoms with Gasteiger partial charge in [0.25, 0.3) is 0 Å². The number of fused-ring (bicyclic) bond motifs is 1. The highest BCUT2D eigenvalue weighted by molar-refractivity contribution is 5.96. The molecule has 0 heterocycles. The van der Waals surface area contributed by atoms with Crippen molar-refractivity contribution in [1.82, 2.24) is 0 Å². The molecule has 3 aliphatic carbocycles. The number of ketones is 1. The van der Waals surface area contributed by atoms with E-state index in [-0.39, 0.29) is 11.3 Å². The molecule has 0 amide bonds. The van der Waals surface area contributed by atoms with Crippen molar-refractivity contribution in [2.75, 3.05) is 0 Å².